The van der Waals surface area contributed by atoms with Gasteiger partial charge < -0.3 is 5.43 Å². The molecule has 0 fully saturated rings. The maximum Gasteiger partial charge on any atom is 0.168 e. The lowest BCUT2D eigenvalue weighted by atomic mass is 10.1. The van der Waals surface area contributed by atoms with Crippen LogP contribution in [-0.4, -0.2) is 9.97 Å². The van der Waals surface area contributed by atoms with E-state index in [1.165, 1.54) is 6.07 Å². The molecule has 0 spiro atoms. The molecule has 1 aromatic heterocycles. The first kappa shape index (κ1) is 12.4. The van der Waals surface area contributed by atoms with Crippen molar-refractivity contribution in [1.29, 1.82) is 0 Å². The summed E-state index contributed by atoms with van der Waals surface area (Å²) in [7, 11) is 0. The molecule has 4 nitrogen and oxygen atoms in total. The maximum atomic E-state index is 13.8. The van der Waals surface area contributed by atoms with Gasteiger partial charge in [-0.25, -0.2) is 24.6 Å². The lowest BCUT2D eigenvalue weighted by Crippen LogP contribution is -2.10. The third kappa shape index (κ3) is 1.96. The van der Waals surface area contributed by atoms with Crippen molar-refractivity contribution in [2.75, 3.05) is 5.43 Å². The van der Waals surface area contributed by atoms with Gasteiger partial charge >= 0.3 is 0 Å². The Morgan fingerprint density at radius 3 is 2.30 bits per heavy atom. The molecular weight excluding hydrogens is 262 g/mol. The van der Waals surface area contributed by atoms with Crippen molar-refractivity contribution in [3.05, 3.63) is 54.1 Å². The van der Waals surface area contributed by atoms with Gasteiger partial charge in [0.05, 0.1) is 11.1 Å². The van der Waals surface area contributed by atoms with E-state index in [1.54, 1.807) is 24.3 Å². The summed E-state index contributed by atoms with van der Waals surface area (Å²) in [5.41, 5.74) is 2.70. The van der Waals surface area contributed by atoms with Crippen molar-refractivity contribution in [1.82, 2.24) is 9.97 Å². The van der Waals surface area contributed by atoms with E-state index in [1.807, 2.05) is 0 Å². The molecule has 6 heteroatoms. The van der Waals surface area contributed by atoms with E-state index in [-0.39, 0.29) is 11.4 Å². The smallest absolute Gasteiger partial charge is 0.168 e. The largest absolute Gasteiger partial charge is 0.308 e. The van der Waals surface area contributed by atoms with Crippen LogP contribution in [0.5, 0.6) is 0 Å². The van der Waals surface area contributed by atoms with Gasteiger partial charge in [-0.2, -0.15) is 0 Å². The van der Waals surface area contributed by atoms with Crippen molar-refractivity contribution in [2.45, 2.75) is 0 Å². The van der Waals surface area contributed by atoms with Crippen molar-refractivity contribution < 1.29 is 8.78 Å². The molecule has 0 unspecified atom stereocenters. The van der Waals surface area contributed by atoms with Crippen LogP contribution in [0, 0.1) is 11.6 Å². The Morgan fingerprint density at radius 2 is 1.60 bits per heavy atom. The van der Waals surface area contributed by atoms with Crippen LogP contribution >= 0.6 is 0 Å². The van der Waals surface area contributed by atoms with E-state index >= 15 is 0 Å². The molecular formula is C14H10F2N4. The van der Waals surface area contributed by atoms with Gasteiger partial charge in [-0.05, 0) is 24.3 Å². The van der Waals surface area contributed by atoms with E-state index in [9.17, 15) is 8.78 Å². The highest BCUT2D eigenvalue weighted by atomic mass is 19.1. The highest BCUT2D eigenvalue weighted by molar-refractivity contribution is 5.90. The number of aromatic nitrogens is 2. The summed E-state index contributed by atoms with van der Waals surface area (Å²) < 4.78 is 27.6. The predicted molar refractivity (Wildman–Crippen MR) is 72.7 cm³/mol. The number of hydrogen-bond acceptors (Lipinski definition) is 4. The Balaban J connectivity index is 2.32. The summed E-state index contributed by atoms with van der Waals surface area (Å²) in [6, 6.07) is 10.7. The van der Waals surface area contributed by atoms with Crippen LogP contribution in [-0.2, 0) is 0 Å². The van der Waals surface area contributed by atoms with Crippen LogP contribution < -0.4 is 11.3 Å². The fourth-order valence-corrected chi connectivity index (χ4v) is 2.01. The maximum absolute atomic E-state index is 13.8. The first-order valence-electron chi connectivity index (χ1n) is 5.88. The Labute approximate surface area is 113 Å². The van der Waals surface area contributed by atoms with Crippen LogP contribution in [0.2, 0.25) is 0 Å². The minimum Gasteiger partial charge on any atom is -0.308 e. The number of nitrogens with two attached hydrogens (primary N) is 1. The van der Waals surface area contributed by atoms with Gasteiger partial charge in [0.2, 0.25) is 0 Å². The molecule has 0 aliphatic heterocycles. The average molecular weight is 272 g/mol. The molecule has 100 valence electrons. The first-order chi connectivity index (χ1) is 9.70. The van der Waals surface area contributed by atoms with Gasteiger partial charge in [0.1, 0.15) is 11.6 Å². The molecule has 0 atom stereocenters. The van der Waals surface area contributed by atoms with Gasteiger partial charge in [-0.15, -0.1) is 0 Å². The van der Waals surface area contributed by atoms with E-state index in [4.69, 9.17) is 5.84 Å². The molecule has 20 heavy (non-hydrogen) atoms. The quantitative estimate of drug-likeness (QED) is 0.556. The summed E-state index contributed by atoms with van der Waals surface area (Å²) in [6.45, 7) is 0. The Morgan fingerprint density at radius 1 is 0.900 bits per heavy atom. The van der Waals surface area contributed by atoms with Crippen molar-refractivity contribution in [2.24, 2.45) is 5.84 Å². The summed E-state index contributed by atoms with van der Waals surface area (Å²) in [5.74, 6) is 4.24. The monoisotopic (exact) mass is 272 g/mol. The minimum absolute atomic E-state index is 0.0488. The summed E-state index contributed by atoms with van der Waals surface area (Å²) in [5, 5.41) is 0.676. The van der Waals surface area contributed by atoms with Crippen LogP contribution in [0.25, 0.3) is 22.3 Å². The molecule has 0 saturated heterocycles. The number of hydrogen-bond donors (Lipinski definition) is 2. The molecule has 0 amide bonds. The highest BCUT2D eigenvalue weighted by Gasteiger charge is 2.16. The van der Waals surface area contributed by atoms with Crippen molar-refractivity contribution in [3.8, 4) is 11.4 Å². The van der Waals surface area contributed by atoms with Crippen LogP contribution in [0.1, 0.15) is 0 Å². The van der Waals surface area contributed by atoms with Gasteiger partial charge in [0.25, 0.3) is 0 Å². The predicted octanol–water partition coefficient (Wildman–Crippen LogP) is 2.86. The fourth-order valence-electron chi connectivity index (χ4n) is 2.01. The molecule has 3 aromatic rings. The number of nitrogens with zero attached hydrogens (tertiary/aromatic N) is 2. The number of benzene rings is 2. The van der Waals surface area contributed by atoms with Crippen LogP contribution in [0.3, 0.4) is 0 Å². The van der Waals surface area contributed by atoms with Crippen LogP contribution in [0.4, 0.5) is 14.6 Å². The number of fused-ring (bicyclic) bond motifs is 1. The lowest BCUT2D eigenvalue weighted by molar-refractivity contribution is 0.587. The first-order valence-corrected chi connectivity index (χ1v) is 5.88. The van der Waals surface area contributed by atoms with E-state index in [0.29, 0.717) is 16.7 Å². The Hall–Kier alpha value is -2.60. The Kier molecular flexibility index (Phi) is 3.00. The highest BCUT2D eigenvalue weighted by Crippen LogP contribution is 2.27. The topological polar surface area (TPSA) is 63.8 Å². The standard InChI is InChI=1S/C14H10F2N4/c15-9-5-3-6-10(16)12(9)14-18-11-7-2-1-4-8(11)13(19-14)20-17/h1-7H,17H2,(H,18,19,20). The third-order valence-corrected chi connectivity index (χ3v) is 2.93. The molecule has 1 heterocycles. The molecule has 3 N–H and O–H groups in total. The minimum atomic E-state index is -0.719. The number of rotatable bonds is 2. The molecule has 0 aliphatic carbocycles. The molecule has 0 bridgehead atoms. The van der Waals surface area contributed by atoms with Crippen molar-refractivity contribution >= 4 is 16.7 Å². The van der Waals surface area contributed by atoms with Crippen molar-refractivity contribution in [3.63, 3.8) is 0 Å². The van der Waals surface area contributed by atoms with Crippen LogP contribution in [0.15, 0.2) is 42.5 Å². The number of nitrogen functional groups attached to an aromatic ring is 1. The van der Waals surface area contributed by atoms with Gasteiger partial charge in [-0.3, -0.25) is 0 Å². The molecule has 0 aliphatic rings. The molecule has 2 aromatic carbocycles. The Bertz CT molecular complexity index is 769. The number of anilines is 1. The van der Waals surface area contributed by atoms with Gasteiger partial charge in [0.15, 0.2) is 11.6 Å². The SMILES string of the molecule is NNc1nc(-c2c(F)cccc2F)nc2ccccc12. The van der Waals surface area contributed by atoms with E-state index in [0.717, 1.165) is 12.1 Å². The van der Waals surface area contributed by atoms with E-state index in [2.05, 4.69) is 15.4 Å². The zero-order valence-corrected chi connectivity index (χ0v) is 10.3. The molecule has 0 radical (unpaired) electrons. The molecule has 3 rings (SSSR count). The zero-order valence-electron chi connectivity index (χ0n) is 10.3. The third-order valence-electron chi connectivity index (χ3n) is 2.93. The zero-order chi connectivity index (χ0) is 14.1. The second kappa shape index (κ2) is 4.82. The van der Waals surface area contributed by atoms with Gasteiger partial charge in [-0.1, -0.05) is 18.2 Å². The number of nitrogens with one attached hydrogen (secondary N) is 1. The number of halogens is 2. The average Bonchev–Trinajstić information content (AvgIpc) is 2.46. The summed E-state index contributed by atoms with van der Waals surface area (Å²) in [6.07, 6.45) is 0. The number of hydrazine groups is 1. The second-order valence-corrected chi connectivity index (χ2v) is 4.15. The molecule has 0 saturated carbocycles. The normalized spacial score (nSPS) is 10.8. The lowest BCUT2D eigenvalue weighted by Gasteiger charge is -2.09. The van der Waals surface area contributed by atoms with E-state index < -0.39 is 11.6 Å². The summed E-state index contributed by atoms with van der Waals surface area (Å²) in [4.78, 5) is 8.27. The second-order valence-electron chi connectivity index (χ2n) is 4.15. The van der Waals surface area contributed by atoms with Gasteiger partial charge in [0, 0.05) is 5.39 Å². The fraction of sp³-hybridized carbons (Fsp3) is 0. The number of para-hydroxylation sites is 1. The summed E-state index contributed by atoms with van der Waals surface area (Å²) >= 11 is 0.